The lowest BCUT2D eigenvalue weighted by Crippen LogP contribution is -2.41. The third-order valence-corrected chi connectivity index (χ3v) is 5.66. The highest BCUT2D eigenvalue weighted by Gasteiger charge is 2.23. The van der Waals surface area contributed by atoms with Crippen LogP contribution in [0.5, 0.6) is 0 Å². The second-order valence-electron chi connectivity index (χ2n) is 7.87. The molecule has 1 aliphatic heterocycles. The van der Waals surface area contributed by atoms with Gasteiger partial charge in [-0.05, 0) is 51.3 Å². The Balaban J connectivity index is 1.35. The molecular formula is C21H28N6O. The van der Waals surface area contributed by atoms with Crippen LogP contribution in [0.4, 0.5) is 5.69 Å². The number of amides is 1. The van der Waals surface area contributed by atoms with Gasteiger partial charge in [-0.3, -0.25) is 14.4 Å². The number of likely N-dealkylation sites (tertiary alicyclic amines) is 1. The number of imidazole rings is 1. The minimum absolute atomic E-state index is 0.0311. The molecule has 1 fully saturated rings. The van der Waals surface area contributed by atoms with Crippen molar-refractivity contribution >= 4 is 22.6 Å². The molecule has 0 unspecified atom stereocenters. The van der Waals surface area contributed by atoms with E-state index < -0.39 is 0 Å². The van der Waals surface area contributed by atoms with Crippen molar-refractivity contribution < 1.29 is 4.79 Å². The first-order valence-corrected chi connectivity index (χ1v) is 9.95. The summed E-state index contributed by atoms with van der Waals surface area (Å²) in [5, 5.41) is 7.41. The number of para-hydroxylation sites is 2. The van der Waals surface area contributed by atoms with Crippen molar-refractivity contribution in [2.75, 3.05) is 25.0 Å². The summed E-state index contributed by atoms with van der Waals surface area (Å²) >= 11 is 0. The van der Waals surface area contributed by atoms with Gasteiger partial charge in [0.15, 0.2) is 0 Å². The summed E-state index contributed by atoms with van der Waals surface area (Å²) in [6.07, 6.45) is 3.22. The van der Waals surface area contributed by atoms with Gasteiger partial charge in [0.05, 0.1) is 34.7 Å². The molecule has 7 heteroatoms. The number of aryl methyl sites for hydroxylation is 2. The average Bonchev–Trinajstić information content (AvgIpc) is 3.17. The van der Waals surface area contributed by atoms with Gasteiger partial charge in [-0.2, -0.15) is 5.10 Å². The predicted molar refractivity (Wildman–Crippen MR) is 110 cm³/mol. The van der Waals surface area contributed by atoms with E-state index in [1.807, 2.05) is 39.1 Å². The van der Waals surface area contributed by atoms with E-state index in [-0.39, 0.29) is 5.91 Å². The van der Waals surface area contributed by atoms with Gasteiger partial charge >= 0.3 is 0 Å². The predicted octanol–water partition coefficient (Wildman–Crippen LogP) is 2.81. The summed E-state index contributed by atoms with van der Waals surface area (Å²) in [6, 6.07) is 8.14. The smallest absolute Gasteiger partial charge is 0.238 e. The Labute approximate surface area is 165 Å². The number of anilines is 1. The maximum Gasteiger partial charge on any atom is 0.238 e. The molecule has 2 N–H and O–H groups in total. The summed E-state index contributed by atoms with van der Waals surface area (Å²) in [5.74, 6) is 1.59. The number of rotatable bonds is 5. The molecule has 0 radical (unpaired) electrons. The lowest BCUT2D eigenvalue weighted by atomic mass is 9.94. The van der Waals surface area contributed by atoms with Crippen molar-refractivity contribution in [2.45, 2.75) is 33.1 Å². The van der Waals surface area contributed by atoms with Crippen LogP contribution in [-0.2, 0) is 18.3 Å². The molecule has 1 amide bonds. The monoisotopic (exact) mass is 380 g/mol. The molecule has 1 saturated heterocycles. The van der Waals surface area contributed by atoms with Crippen LogP contribution >= 0.6 is 0 Å². The molecule has 0 aliphatic carbocycles. The van der Waals surface area contributed by atoms with Crippen molar-refractivity contribution in [3.05, 3.63) is 41.5 Å². The number of fused-ring (bicyclic) bond motifs is 1. The highest BCUT2D eigenvalue weighted by atomic mass is 16.2. The zero-order valence-corrected chi connectivity index (χ0v) is 16.8. The van der Waals surface area contributed by atoms with E-state index in [0.717, 1.165) is 59.9 Å². The van der Waals surface area contributed by atoms with E-state index in [1.165, 1.54) is 6.42 Å². The molecular weight excluding hydrogens is 352 g/mol. The number of carbonyl (C=O) groups is 1. The zero-order valence-electron chi connectivity index (χ0n) is 16.8. The lowest BCUT2D eigenvalue weighted by Gasteiger charge is -2.31. The van der Waals surface area contributed by atoms with Crippen molar-refractivity contribution in [1.29, 1.82) is 0 Å². The fraction of sp³-hybridized carbons (Fsp3) is 0.476. The quantitative estimate of drug-likeness (QED) is 0.713. The SMILES string of the molecule is Cc1nn(C)c(C)c1NC(=O)CN1CCC[C@H](Cc2nc3ccccc3[nH]2)C1. The van der Waals surface area contributed by atoms with Gasteiger partial charge < -0.3 is 10.3 Å². The first-order chi connectivity index (χ1) is 13.5. The second-order valence-corrected chi connectivity index (χ2v) is 7.87. The number of nitrogens with zero attached hydrogens (tertiary/aromatic N) is 4. The summed E-state index contributed by atoms with van der Waals surface area (Å²) in [7, 11) is 1.89. The van der Waals surface area contributed by atoms with E-state index in [4.69, 9.17) is 4.98 Å². The minimum Gasteiger partial charge on any atom is -0.342 e. The van der Waals surface area contributed by atoms with Crippen LogP contribution in [0.2, 0.25) is 0 Å². The largest absolute Gasteiger partial charge is 0.342 e. The summed E-state index contributed by atoms with van der Waals surface area (Å²) in [4.78, 5) is 23.0. The Hall–Kier alpha value is -2.67. The molecule has 1 atom stereocenters. The molecule has 3 heterocycles. The van der Waals surface area contributed by atoms with Crippen LogP contribution in [0.15, 0.2) is 24.3 Å². The number of H-pyrrole nitrogens is 1. The third kappa shape index (κ3) is 3.94. The van der Waals surface area contributed by atoms with E-state index in [2.05, 4.69) is 26.4 Å². The molecule has 0 saturated carbocycles. The molecule has 0 bridgehead atoms. The Morgan fingerprint density at radius 2 is 2.14 bits per heavy atom. The number of piperidine rings is 1. The molecule has 0 spiro atoms. The molecule has 4 rings (SSSR count). The first-order valence-electron chi connectivity index (χ1n) is 9.95. The van der Waals surface area contributed by atoms with Crippen LogP contribution < -0.4 is 5.32 Å². The standard InChI is InChI=1S/C21H28N6O/c1-14-21(15(2)26(3)25-14)24-20(28)13-27-10-6-7-16(12-27)11-19-22-17-8-4-5-9-18(17)23-19/h4-5,8-9,16H,6-7,10-13H2,1-3H3,(H,22,23)(H,24,28)/t16-/m1/s1. The van der Waals surface area contributed by atoms with Gasteiger partial charge in [0.25, 0.3) is 0 Å². The Kier molecular flexibility index (Phi) is 5.17. The maximum atomic E-state index is 12.6. The van der Waals surface area contributed by atoms with Gasteiger partial charge in [0, 0.05) is 20.0 Å². The summed E-state index contributed by atoms with van der Waals surface area (Å²) < 4.78 is 1.80. The molecule has 28 heavy (non-hydrogen) atoms. The molecule has 1 aliphatic rings. The number of hydrogen-bond acceptors (Lipinski definition) is 4. The average molecular weight is 380 g/mol. The minimum atomic E-state index is 0.0311. The highest BCUT2D eigenvalue weighted by Crippen LogP contribution is 2.22. The summed E-state index contributed by atoms with van der Waals surface area (Å²) in [5.41, 5.74) is 4.78. The van der Waals surface area contributed by atoms with Crippen molar-refractivity contribution in [2.24, 2.45) is 13.0 Å². The van der Waals surface area contributed by atoms with Crippen molar-refractivity contribution in [3.8, 4) is 0 Å². The maximum absolute atomic E-state index is 12.6. The van der Waals surface area contributed by atoms with Gasteiger partial charge in [0.1, 0.15) is 5.82 Å². The van der Waals surface area contributed by atoms with Crippen LogP contribution in [0.25, 0.3) is 11.0 Å². The van der Waals surface area contributed by atoms with E-state index >= 15 is 0 Å². The van der Waals surface area contributed by atoms with E-state index in [1.54, 1.807) is 4.68 Å². The molecule has 2 aromatic heterocycles. The lowest BCUT2D eigenvalue weighted by molar-refractivity contribution is -0.117. The number of carbonyl (C=O) groups excluding carboxylic acids is 1. The molecule has 3 aromatic rings. The van der Waals surface area contributed by atoms with Gasteiger partial charge in [-0.1, -0.05) is 12.1 Å². The zero-order chi connectivity index (χ0) is 19.7. The van der Waals surface area contributed by atoms with E-state index in [9.17, 15) is 4.79 Å². The number of aromatic nitrogens is 4. The Morgan fingerprint density at radius 3 is 2.89 bits per heavy atom. The van der Waals surface area contributed by atoms with Crippen molar-refractivity contribution in [1.82, 2.24) is 24.6 Å². The number of hydrogen-bond donors (Lipinski definition) is 2. The third-order valence-electron chi connectivity index (χ3n) is 5.66. The van der Waals surface area contributed by atoms with Gasteiger partial charge in [-0.15, -0.1) is 0 Å². The Bertz CT molecular complexity index is 955. The second kappa shape index (κ2) is 7.75. The topological polar surface area (TPSA) is 78.8 Å². The van der Waals surface area contributed by atoms with Crippen LogP contribution in [-0.4, -0.2) is 50.2 Å². The highest BCUT2D eigenvalue weighted by molar-refractivity contribution is 5.93. The number of nitrogens with one attached hydrogen (secondary N) is 2. The normalized spacial score (nSPS) is 17.9. The molecule has 7 nitrogen and oxygen atoms in total. The fourth-order valence-electron chi connectivity index (χ4n) is 4.17. The van der Waals surface area contributed by atoms with Gasteiger partial charge in [0.2, 0.25) is 5.91 Å². The van der Waals surface area contributed by atoms with Crippen LogP contribution in [0.3, 0.4) is 0 Å². The number of aromatic amines is 1. The summed E-state index contributed by atoms with van der Waals surface area (Å²) in [6.45, 7) is 6.21. The molecule has 1 aromatic carbocycles. The molecule has 148 valence electrons. The number of benzene rings is 1. The fourth-order valence-corrected chi connectivity index (χ4v) is 4.17. The Morgan fingerprint density at radius 1 is 1.32 bits per heavy atom. The van der Waals surface area contributed by atoms with Crippen LogP contribution in [0, 0.1) is 19.8 Å². The van der Waals surface area contributed by atoms with Gasteiger partial charge in [-0.25, -0.2) is 4.98 Å². The van der Waals surface area contributed by atoms with Crippen LogP contribution in [0.1, 0.15) is 30.1 Å². The van der Waals surface area contributed by atoms with E-state index in [0.29, 0.717) is 12.5 Å². The first kappa shape index (κ1) is 18.7. The van der Waals surface area contributed by atoms with Crippen molar-refractivity contribution in [3.63, 3.8) is 0 Å².